The van der Waals surface area contributed by atoms with Crippen LogP contribution in [0.5, 0.6) is 5.75 Å². The van der Waals surface area contributed by atoms with Crippen LogP contribution in [0.2, 0.25) is 5.02 Å². The lowest BCUT2D eigenvalue weighted by atomic mass is 10.2. The van der Waals surface area contributed by atoms with Crippen LogP contribution in [0.4, 0.5) is 5.69 Å². The molecule has 21 heavy (non-hydrogen) atoms. The van der Waals surface area contributed by atoms with Gasteiger partial charge in [-0.25, -0.2) is 0 Å². The Morgan fingerprint density at radius 2 is 1.95 bits per heavy atom. The molecule has 0 atom stereocenters. The summed E-state index contributed by atoms with van der Waals surface area (Å²) in [5.41, 5.74) is 7.02. The van der Waals surface area contributed by atoms with E-state index in [1.165, 1.54) is 0 Å². The molecule has 6 heteroatoms. The summed E-state index contributed by atoms with van der Waals surface area (Å²) < 4.78 is 6.04. The number of benzene rings is 2. The van der Waals surface area contributed by atoms with Crippen LogP contribution in [0.3, 0.4) is 0 Å². The first kappa shape index (κ1) is 15.7. The zero-order valence-corrected chi connectivity index (χ0v) is 13.4. The van der Waals surface area contributed by atoms with Crippen LogP contribution in [-0.4, -0.2) is 12.5 Å². The second-order valence-electron chi connectivity index (χ2n) is 4.35. The summed E-state index contributed by atoms with van der Waals surface area (Å²) in [5, 5.41) is 3.96. The molecular formula is C15H14BrClN2O2. The summed E-state index contributed by atoms with van der Waals surface area (Å²) in [6.07, 6.45) is 0. The molecule has 0 heterocycles. The maximum atomic E-state index is 10.6. The van der Waals surface area contributed by atoms with E-state index in [1.54, 1.807) is 12.1 Å². The molecule has 0 saturated carbocycles. The van der Waals surface area contributed by atoms with Gasteiger partial charge in [0.15, 0.2) is 6.61 Å². The van der Waals surface area contributed by atoms with E-state index in [0.717, 1.165) is 15.7 Å². The Morgan fingerprint density at radius 3 is 2.62 bits per heavy atom. The predicted octanol–water partition coefficient (Wildman–Crippen LogP) is 3.58. The molecule has 2 aromatic carbocycles. The molecule has 0 fully saturated rings. The molecule has 3 N–H and O–H groups in total. The van der Waals surface area contributed by atoms with E-state index in [-0.39, 0.29) is 6.61 Å². The van der Waals surface area contributed by atoms with E-state index < -0.39 is 5.91 Å². The molecule has 0 aliphatic carbocycles. The molecule has 0 spiro atoms. The van der Waals surface area contributed by atoms with Crippen LogP contribution >= 0.6 is 27.5 Å². The Kier molecular flexibility index (Phi) is 5.47. The van der Waals surface area contributed by atoms with Crippen LogP contribution in [0.15, 0.2) is 46.9 Å². The quantitative estimate of drug-likeness (QED) is 0.818. The highest BCUT2D eigenvalue weighted by Crippen LogP contribution is 2.30. The molecule has 0 unspecified atom stereocenters. The Hall–Kier alpha value is -1.72. The third-order valence-electron chi connectivity index (χ3n) is 2.74. The van der Waals surface area contributed by atoms with Gasteiger partial charge in [-0.1, -0.05) is 29.8 Å². The van der Waals surface area contributed by atoms with Crippen molar-refractivity contribution < 1.29 is 9.53 Å². The van der Waals surface area contributed by atoms with Gasteiger partial charge in [0.1, 0.15) is 5.75 Å². The van der Waals surface area contributed by atoms with Crippen LogP contribution in [-0.2, 0) is 11.3 Å². The van der Waals surface area contributed by atoms with Crippen molar-refractivity contribution >= 4 is 39.1 Å². The number of hydrogen-bond donors (Lipinski definition) is 2. The Labute approximate surface area is 136 Å². The lowest BCUT2D eigenvalue weighted by Gasteiger charge is -2.10. The number of anilines is 1. The molecule has 0 bridgehead atoms. The van der Waals surface area contributed by atoms with Crippen molar-refractivity contribution in [2.24, 2.45) is 5.73 Å². The van der Waals surface area contributed by atoms with Gasteiger partial charge in [0, 0.05) is 6.54 Å². The highest BCUT2D eigenvalue weighted by atomic mass is 79.9. The second kappa shape index (κ2) is 7.33. The zero-order chi connectivity index (χ0) is 15.2. The second-order valence-corrected chi connectivity index (χ2v) is 5.55. The van der Waals surface area contributed by atoms with Gasteiger partial charge in [-0.2, -0.15) is 0 Å². The topological polar surface area (TPSA) is 64.4 Å². The fourth-order valence-corrected chi connectivity index (χ4v) is 2.27. The van der Waals surface area contributed by atoms with Gasteiger partial charge in [-0.3, -0.25) is 4.79 Å². The minimum Gasteiger partial charge on any atom is -0.484 e. The summed E-state index contributed by atoms with van der Waals surface area (Å²) in [7, 11) is 0. The molecule has 110 valence electrons. The van der Waals surface area contributed by atoms with E-state index in [2.05, 4.69) is 21.2 Å². The number of nitrogens with one attached hydrogen (secondary N) is 1. The SMILES string of the molecule is NC(=O)COc1ccc(CNc2cccc(Cl)c2Br)cc1. The highest BCUT2D eigenvalue weighted by Gasteiger charge is 2.03. The molecule has 2 aromatic rings. The minimum absolute atomic E-state index is 0.118. The number of ether oxygens (including phenoxy) is 1. The van der Waals surface area contributed by atoms with E-state index in [4.69, 9.17) is 22.1 Å². The van der Waals surface area contributed by atoms with Crippen LogP contribution < -0.4 is 15.8 Å². The number of primary amides is 1. The summed E-state index contributed by atoms with van der Waals surface area (Å²) in [4.78, 5) is 10.6. The fraction of sp³-hybridized carbons (Fsp3) is 0.133. The molecule has 0 aliphatic heterocycles. The Balaban J connectivity index is 1.94. The molecular weight excluding hydrogens is 356 g/mol. The molecule has 2 rings (SSSR count). The van der Waals surface area contributed by atoms with Crippen molar-refractivity contribution in [1.82, 2.24) is 0 Å². The van der Waals surface area contributed by atoms with Crippen molar-refractivity contribution in [2.45, 2.75) is 6.54 Å². The smallest absolute Gasteiger partial charge is 0.255 e. The van der Waals surface area contributed by atoms with Crippen molar-refractivity contribution in [3.63, 3.8) is 0 Å². The number of carbonyl (C=O) groups excluding carboxylic acids is 1. The average molecular weight is 370 g/mol. The Morgan fingerprint density at radius 1 is 1.24 bits per heavy atom. The standard InChI is InChI=1S/C15H14BrClN2O2/c16-15-12(17)2-1-3-13(15)19-8-10-4-6-11(7-5-10)21-9-14(18)20/h1-7,19H,8-9H2,(H2,18,20). The number of hydrogen-bond acceptors (Lipinski definition) is 3. The predicted molar refractivity (Wildman–Crippen MR) is 87.6 cm³/mol. The minimum atomic E-state index is -0.494. The maximum Gasteiger partial charge on any atom is 0.255 e. The number of halogens is 2. The van der Waals surface area contributed by atoms with Crippen molar-refractivity contribution in [1.29, 1.82) is 0 Å². The van der Waals surface area contributed by atoms with Crippen molar-refractivity contribution in [3.05, 3.63) is 57.5 Å². The van der Waals surface area contributed by atoms with Crippen molar-refractivity contribution in [2.75, 3.05) is 11.9 Å². The maximum absolute atomic E-state index is 10.6. The van der Waals surface area contributed by atoms with Crippen LogP contribution in [0.1, 0.15) is 5.56 Å². The van der Waals surface area contributed by atoms with Gasteiger partial charge < -0.3 is 15.8 Å². The van der Waals surface area contributed by atoms with E-state index in [0.29, 0.717) is 17.3 Å². The van der Waals surface area contributed by atoms with Gasteiger partial charge in [0.2, 0.25) is 0 Å². The number of rotatable bonds is 6. The van der Waals surface area contributed by atoms with E-state index in [9.17, 15) is 4.79 Å². The zero-order valence-electron chi connectivity index (χ0n) is 11.1. The molecule has 0 radical (unpaired) electrons. The highest BCUT2D eigenvalue weighted by molar-refractivity contribution is 9.10. The summed E-state index contributed by atoms with van der Waals surface area (Å²) in [6.45, 7) is 0.530. The molecule has 0 aromatic heterocycles. The summed E-state index contributed by atoms with van der Waals surface area (Å²) in [5.74, 6) is 0.119. The molecule has 4 nitrogen and oxygen atoms in total. The van der Waals surface area contributed by atoms with E-state index >= 15 is 0 Å². The number of nitrogens with two attached hydrogens (primary N) is 1. The first-order valence-electron chi connectivity index (χ1n) is 6.24. The molecule has 0 saturated heterocycles. The monoisotopic (exact) mass is 368 g/mol. The van der Waals surface area contributed by atoms with Gasteiger partial charge in [0.25, 0.3) is 5.91 Å². The van der Waals surface area contributed by atoms with Gasteiger partial charge in [0.05, 0.1) is 15.2 Å². The largest absolute Gasteiger partial charge is 0.484 e. The van der Waals surface area contributed by atoms with Crippen LogP contribution in [0, 0.1) is 0 Å². The fourth-order valence-electron chi connectivity index (χ4n) is 1.70. The van der Waals surface area contributed by atoms with Gasteiger partial charge in [-0.05, 0) is 45.8 Å². The van der Waals surface area contributed by atoms with Crippen LogP contribution in [0.25, 0.3) is 0 Å². The molecule has 0 aliphatic rings. The van der Waals surface area contributed by atoms with Gasteiger partial charge >= 0.3 is 0 Å². The van der Waals surface area contributed by atoms with Gasteiger partial charge in [-0.15, -0.1) is 0 Å². The lowest BCUT2D eigenvalue weighted by molar-refractivity contribution is -0.119. The average Bonchev–Trinajstić information content (AvgIpc) is 2.48. The lowest BCUT2D eigenvalue weighted by Crippen LogP contribution is -2.19. The van der Waals surface area contributed by atoms with E-state index in [1.807, 2.05) is 30.3 Å². The first-order valence-corrected chi connectivity index (χ1v) is 7.41. The molecule has 1 amide bonds. The summed E-state index contributed by atoms with van der Waals surface area (Å²) >= 11 is 9.48. The van der Waals surface area contributed by atoms with Crippen molar-refractivity contribution in [3.8, 4) is 5.75 Å². The first-order chi connectivity index (χ1) is 10.1. The normalized spacial score (nSPS) is 10.2. The number of amides is 1. The third-order valence-corrected chi connectivity index (χ3v) is 4.14. The third kappa shape index (κ3) is 4.65. The number of carbonyl (C=O) groups is 1. The Bertz CT molecular complexity index is 632. The summed E-state index contributed by atoms with van der Waals surface area (Å²) in [6, 6.07) is 13.1.